The van der Waals surface area contributed by atoms with Gasteiger partial charge in [-0.2, -0.15) is 0 Å². The molecule has 1 saturated heterocycles. The molecule has 2 aromatic rings. The minimum Gasteiger partial charge on any atom is -0.466 e. The van der Waals surface area contributed by atoms with E-state index in [2.05, 4.69) is 5.32 Å². The quantitative estimate of drug-likeness (QED) is 0.923. The lowest BCUT2D eigenvalue weighted by atomic mass is 10.0. The maximum Gasteiger partial charge on any atom is 0.258 e. The average molecular weight is 319 g/mol. The molecule has 3 rings (SSSR count). The van der Waals surface area contributed by atoms with E-state index in [1.54, 1.807) is 0 Å². The highest BCUT2D eigenvalue weighted by Gasteiger charge is 2.30. The molecule has 2 heterocycles. The Hall–Kier alpha value is -1.78. The Kier molecular flexibility index (Phi) is 4.23. The standard InChI is InChI=1S/C17H19ClN2O2/c1-11-8-15(12(2)22-11)17(21)20-7-6-19-10-16(20)13-4-3-5-14(18)9-13/h3-5,8-9,16,19H,6-7,10H2,1-2H3. The molecule has 5 heteroatoms. The molecule has 1 aliphatic rings. The molecule has 1 aliphatic heterocycles. The number of piperazine rings is 1. The fourth-order valence-electron chi connectivity index (χ4n) is 2.96. The van der Waals surface area contributed by atoms with Crippen LogP contribution >= 0.6 is 11.6 Å². The van der Waals surface area contributed by atoms with Crippen LogP contribution in [0, 0.1) is 13.8 Å². The maximum absolute atomic E-state index is 12.9. The predicted molar refractivity (Wildman–Crippen MR) is 86.3 cm³/mol. The molecule has 0 saturated carbocycles. The Labute approximate surface area is 135 Å². The number of aryl methyl sites for hydroxylation is 2. The summed E-state index contributed by atoms with van der Waals surface area (Å²) in [7, 11) is 0. The van der Waals surface area contributed by atoms with Crippen molar-refractivity contribution in [2.45, 2.75) is 19.9 Å². The second-order valence-corrected chi connectivity index (χ2v) is 6.04. The smallest absolute Gasteiger partial charge is 0.258 e. The first kappa shape index (κ1) is 15.1. The molecule has 1 aromatic heterocycles. The number of nitrogens with zero attached hydrogens (tertiary/aromatic N) is 1. The maximum atomic E-state index is 12.9. The topological polar surface area (TPSA) is 45.5 Å². The first-order chi connectivity index (χ1) is 10.6. The van der Waals surface area contributed by atoms with Crippen LogP contribution in [0.3, 0.4) is 0 Å². The van der Waals surface area contributed by atoms with Gasteiger partial charge in [-0.3, -0.25) is 4.79 Å². The van der Waals surface area contributed by atoms with Crippen LogP contribution in [0.1, 0.15) is 33.5 Å². The summed E-state index contributed by atoms with van der Waals surface area (Å²) >= 11 is 6.10. The Balaban J connectivity index is 1.92. The summed E-state index contributed by atoms with van der Waals surface area (Å²) in [5, 5.41) is 4.03. The molecule has 1 fully saturated rings. The van der Waals surface area contributed by atoms with Crippen LogP contribution in [0.2, 0.25) is 5.02 Å². The summed E-state index contributed by atoms with van der Waals surface area (Å²) in [5.41, 5.74) is 1.69. The third-order valence-electron chi connectivity index (χ3n) is 4.01. The molecule has 0 spiro atoms. The molecule has 22 heavy (non-hydrogen) atoms. The number of hydrogen-bond acceptors (Lipinski definition) is 3. The number of hydrogen-bond donors (Lipinski definition) is 1. The van der Waals surface area contributed by atoms with Crippen molar-refractivity contribution in [1.29, 1.82) is 0 Å². The molecule has 0 aliphatic carbocycles. The molecule has 4 nitrogen and oxygen atoms in total. The molecule has 0 radical (unpaired) electrons. The monoisotopic (exact) mass is 318 g/mol. The zero-order chi connectivity index (χ0) is 15.7. The summed E-state index contributed by atoms with van der Waals surface area (Å²) in [5.74, 6) is 1.45. The minimum absolute atomic E-state index is 0.0147. The van der Waals surface area contributed by atoms with Crippen LogP contribution < -0.4 is 5.32 Å². The molecule has 1 aromatic carbocycles. The van der Waals surface area contributed by atoms with Crippen LogP contribution in [0.5, 0.6) is 0 Å². The van der Waals surface area contributed by atoms with Gasteiger partial charge < -0.3 is 14.6 Å². The Bertz CT molecular complexity index is 696. The van der Waals surface area contributed by atoms with Crippen molar-refractivity contribution >= 4 is 17.5 Å². The van der Waals surface area contributed by atoms with Gasteiger partial charge in [0.2, 0.25) is 0 Å². The molecule has 0 bridgehead atoms. The van der Waals surface area contributed by atoms with E-state index in [4.69, 9.17) is 16.0 Å². The average Bonchev–Trinajstić information content (AvgIpc) is 2.85. The van der Waals surface area contributed by atoms with Gasteiger partial charge in [0.15, 0.2) is 0 Å². The van der Waals surface area contributed by atoms with Crippen LogP contribution in [0.4, 0.5) is 0 Å². The number of halogens is 1. The highest BCUT2D eigenvalue weighted by Crippen LogP contribution is 2.27. The van der Waals surface area contributed by atoms with E-state index in [1.807, 2.05) is 49.1 Å². The van der Waals surface area contributed by atoms with Crippen molar-refractivity contribution < 1.29 is 9.21 Å². The van der Waals surface area contributed by atoms with Crippen molar-refractivity contribution in [2.24, 2.45) is 0 Å². The van der Waals surface area contributed by atoms with E-state index in [1.165, 1.54) is 0 Å². The van der Waals surface area contributed by atoms with Crippen LogP contribution in [-0.4, -0.2) is 30.4 Å². The fraction of sp³-hybridized carbons (Fsp3) is 0.353. The van der Waals surface area contributed by atoms with E-state index in [0.717, 1.165) is 24.4 Å². The van der Waals surface area contributed by atoms with E-state index in [-0.39, 0.29) is 11.9 Å². The lowest BCUT2D eigenvalue weighted by Crippen LogP contribution is -2.48. The normalized spacial score (nSPS) is 18.5. The second-order valence-electron chi connectivity index (χ2n) is 5.60. The van der Waals surface area contributed by atoms with E-state index in [9.17, 15) is 4.79 Å². The van der Waals surface area contributed by atoms with E-state index in [0.29, 0.717) is 22.9 Å². The zero-order valence-corrected chi connectivity index (χ0v) is 13.5. The van der Waals surface area contributed by atoms with Gasteiger partial charge in [-0.25, -0.2) is 0 Å². The number of carbonyl (C=O) groups excluding carboxylic acids is 1. The van der Waals surface area contributed by atoms with E-state index >= 15 is 0 Å². The first-order valence-electron chi connectivity index (χ1n) is 7.40. The molecule has 1 N–H and O–H groups in total. The van der Waals surface area contributed by atoms with Gasteiger partial charge in [-0.1, -0.05) is 23.7 Å². The summed E-state index contributed by atoms with van der Waals surface area (Å²) < 4.78 is 5.50. The van der Waals surface area contributed by atoms with Gasteiger partial charge in [0.05, 0.1) is 11.6 Å². The summed E-state index contributed by atoms with van der Waals surface area (Å²) in [6.07, 6.45) is 0. The molecule has 1 atom stereocenters. The number of rotatable bonds is 2. The molecular weight excluding hydrogens is 300 g/mol. The lowest BCUT2D eigenvalue weighted by molar-refractivity contribution is 0.0632. The Morgan fingerprint density at radius 3 is 2.86 bits per heavy atom. The summed E-state index contributed by atoms with van der Waals surface area (Å²) in [6, 6.07) is 9.49. The zero-order valence-electron chi connectivity index (χ0n) is 12.7. The lowest BCUT2D eigenvalue weighted by Gasteiger charge is -2.36. The molecule has 116 valence electrons. The van der Waals surface area contributed by atoms with Gasteiger partial charge >= 0.3 is 0 Å². The minimum atomic E-state index is -0.0189. The highest BCUT2D eigenvalue weighted by atomic mass is 35.5. The van der Waals surface area contributed by atoms with E-state index < -0.39 is 0 Å². The Morgan fingerprint density at radius 1 is 1.36 bits per heavy atom. The van der Waals surface area contributed by atoms with Crippen LogP contribution in [-0.2, 0) is 0 Å². The van der Waals surface area contributed by atoms with Gasteiger partial charge in [0.25, 0.3) is 5.91 Å². The van der Waals surface area contributed by atoms with Crippen LogP contribution in [0.15, 0.2) is 34.7 Å². The van der Waals surface area contributed by atoms with Crippen molar-refractivity contribution in [2.75, 3.05) is 19.6 Å². The van der Waals surface area contributed by atoms with Crippen molar-refractivity contribution in [3.05, 3.63) is 58.0 Å². The van der Waals surface area contributed by atoms with Crippen molar-refractivity contribution in [3.8, 4) is 0 Å². The fourth-order valence-corrected chi connectivity index (χ4v) is 3.16. The van der Waals surface area contributed by atoms with Gasteiger partial charge in [0.1, 0.15) is 11.5 Å². The molecule has 1 unspecified atom stereocenters. The summed E-state index contributed by atoms with van der Waals surface area (Å²) in [6.45, 7) is 5.87. The molecule has 1 amide bonds. The predicted octanol–water partition coefficient (Wildman–Crippen LogP) is 3.34. The van der Waals surface area contributed by atoms with Crippen LogP contribution in [0.25, 0.3) is 0 Å². The highest BCUT2D eigenvalue weighted by molar-refractivity contribution is 6.30. The number of carbonyl (C=O) groups is 1. The van der Waals surface area contributed by atoms with Crippen molar-refractivity contribution in [3.63, 3.8) is 0 Å². The Morgan fingerprint density at radius 2 is 2.18 bits per heavy atom. The third kappa shape index (κ3) is 2.89. The van der Waals surface area contributed by atoms with Gasteiger partial charge in [-0.05, 0) is 37.6 Å². The summed E-state index contributed by atoms with van der Waals surface area (Å²) in [4.78, 5) is 14.8. The number of amides is 1. The largest absolute Gasteiger partial charge is 0.466 e. The molecular formula is C17H19ClN2O2. The number of benzene rings is 1. The van der Waals surface area contributed by atoms with Gasteiger partial charge in [0, 0.05) is 24.7 Å². The van der Waals surface area contributed by atoms with Crippen molar-refractivity contribution in [1.82, 2.24) is 10.2 Å². The first-order valence-corrected chi connectivity index (χ1v) is 7.78. The number of nitrogens with one attached hydrogen (secondary N) is 1. The second kappa shape index (κ2) is 6.15. The third-order valence-corrected chi connectivity index (χ3v) is 4.24. The SMILES string of the molecule is Cc1cc(C(=O)N2CCNCC2c2cccc(Cl)c2)c(C)o1. The van der Waals surface area contributed by atoms with Gasteiger partial charge in [-0.15, -0.1) is 0 Å². The number of furan rings is 1.